The number of aromatic hydroxyl groups is 1. The van der Waals surface area contributed by atoms with E-state index in [9.17, 15) is 9.90 Å². The van der Waals surface area contributed by atoms with Gasteiger partial charge in [0.1, 0.15) is 11.5 Å². The van der Waals surface area contributed by atoms with Crippen LogP contribution in [0.4, 0.5) is 0 Å². The number of benzene rings is 1. The van der Waals surface area contributed by atoms with E-state index in [1.165, 1.54) is 0 Å². The van der Waals surface area contributed by atoms with Crippen molar-refractivity contribution in [3.63, 3.8) is 0 Å². The highest BCUT2D eigenvalue weighted by molar-refractivity contribution is 6.65. The molecule has 0 amide bonds. The third-order valence-corrected chi connectivity index (χ3v) is 4.34. The average Bonchev–Trinajstić information content (AvgIpc) is 2.33. The van der Waals surface area contributed by atoms with Gasteiger partial charge in [-0.3, -0.25) is 4.79 Å². The fourth-order valence-corrected chi connectivity index (χ4v) is 2.52. The fourth-order valence-electron chi connectivity index (χ4n) is 2.39. The number of fused-ring (bicyclic) bond motifs is 1. The summed E-state index contributed by atoms with van der Waals surface area (Å²) in [6.45, 7) is 7.31. The second-order valence-corrected chi connectivity index (χ2v) is 5.48. The minimum atomic E-state index is -0.963. The third-order valence-electron chi connectivity index (χ3n) is 3.94. The van der Waals surface area contributed by atoms with Crippen molar-refractivity contribution in [2.75, 3.05) is 0 Å². The SMILES string of the molecule is Cc1c(C)c2c(c(C)c1O)CCC(C)(C(=O)Cl)O2. The molecule has 2 rings (SSSR count). The average molecular weight is 269 g/mol. The van der Waals surface area contributed by atoms with Crippen LogP contribution < -0.4 is 4.74 Å². The standard InChI is InChI=1S/C14H17ClO3/c1-7-8(2)12-10(9(3)11(7)16)5-6-14(4,18-12)13(15)17/h16H,5-6H2,1-4H3. The summed E-state index contributed by atoms with van der Waals surface area (Å²) in [5, 5.41) is 9.56. The van der Waals surface area contributed by atoms with E-state index in [0.717, 1.165) is 22.3 Å². The van der Waals surface area contributed by atoms with E-state index in [0.29, 0.717) is 24.3 Å². The lowest BCUT2D eigenvalue weighted by molar-refractivity contribution is -0.125. The number of hydrogen-bond donors (Lipinski definition) is 1. The summed E-state index contributed by atoms with van der Waals surface area (Å²) in [6.07, 6.45) is 1.22. The van der Waals surface area contributed by atoms with E-state index in [2.05, 4.69) is 0 Å². The molecule has 0 spiro atoms. The minimum absolute atomic E-state index is 0.315. The van der Waals surface area contributed by atoms with Crippen molar-refractivity contribution in [2.24, 2.45) is 0 Å². The summed E-state index contributed by atoms with van der Waals surface area (Å²) in [7, 11) is 0. The summed E-state index contributed by atoms with van der Waals surface area (Å²) in [6, 6.07) is 0. The van der Waals surface area contributed by atoms with Gasteiger partial charge in [0.25, 0.3) is 5.24 Å². The highest BCUT2D eigenvalue weighted by atomic mass is 35.5. The molecular formula is C14H17ClO3. The first-order valence-corrected chi connectivity index (χ1v) is 6.36. The molecule has 1 aromatic carbocycles. The Hall–Kier alpha value is -1.22. The highest BCUT2D eigenvalue weighted by Gasteiger charge is 2.39. The molecule has 0 fully saturated rings. The van der Waals surface area contributed by atoms with Gasteiger partial charge in [0.15, 0.2) is 5.60 Å². The largest absolute Gasteiger partial charge is 0.507 e. The summed E-state index contributed by atoms with van der Waals surface area (Å²) in [5.74, 6) is 1.02. The molecule has 0 saturated heterocycles. The van der Waals surface area contributed by atoms with E-state index in [-0.39, 0.29) is 0 Å². The quantitative estimate of drug-likeness (QED) is 0.796. The summed E-state index contributed by atoms with van der Waals surface area (Å²) in [5.41, 5.74) is 2.51. The maximum atomic E-state index is 11.5. The van der Waals surface area contributed by atoms with Crippen molar-refractivity contribution in [1.29, 1.82) is 0 Å². The van der Waals surface area contributed by atoms with Crippen molar-refractivity contribution in [3.05, 3.63) is 22.3 Å². The zero-order valence-corrected chi connectivity index (χ0v) is 11.8. The zero-order chi connectivity index (χ0) is 13.7. The highest BCUT2D eigenvalue weighted by Crippen LogP contribution is 2.43. The molecule has 1 atom stereocenters. The molecule has 0 radical (unpaired) electrons. The number of carbonyl (C=O) groups is 1. The van der Waals surface area contributed by atoms with Crippen LogP contribution in [0, 0.1) is 20.8 Å². The molecule has 1 aliphatic rings. The predicted molar refractivity (Wildman–Crippen MR) is 70.5 cm³/mol. The van der Waals surface area contributed by atoms with Crippen LogP contribution in [0.25, 0.3) is 0 Å². The van der Waals surface area contributed by atoms with Gasteiger partial charge in [-0.25, -0.2) is 0 Å². The monoisotopic (exact) mass is 268 g/mol. The van der Waals surface area contributed by atoms with Gasteiger partial charge in [0.05, 0.1) is 0 Å². The topological polar surface area (TPSA) is 46.5 Å². The number of rotatable bonds is 1. The molecule has 98 valence electrons. The molecule has 0 saturated carbocycles. The normalized spacial score (nSPS) is 22.3. The summed E-state index contributed by atoms with van der Waals surface area (Å²) in [4.78, 5) is 11.5. The Kier molecular flexibility index (Phi) is 3.06. The fraction of sp³-hybridized carbons (Fsp3) is 0.500. The summed E-state index contributed by atoms with van der Waals surface area (Å²) < 4.78 is 5.84. The van der Waals surface area contributed by atoms with Crippen LogP contribution in [-0.2, 0) is 11.2 Å². The molecule has 1 unspecified atom stereocenters. The van der Waals surface area contributed by atoms with Crippen LogP contribution in [0.15, 0.2) is 0 Å². The Morgan fingerprint density at radius 2 is 1.89 bits per heavy atom. The summed E-state index contributed by atoms with van der Waals surface area (Å²) >= 11 is 5.61. The van der Waals surface area contributed by atoms with Crippen LogP contribution in [0.1, 0.15) is 35.6 Å². The van der Waals surface area contributed by atoms with Crippen LogP contribution in [-0.4, -0.2) is 16.0 Å². The van der Waals surface area contributed by atoms with E-state index < -0.39 is 10.8 Å². The Morgan fingerprint density at radius 1 is 1.28 bits per heavy atom. The molecule has 18 heavy (non-hydrogen) atoms. The number of carbonyl (C=O) groups excluding carboxylic acids is 1. The predicted octanol–water partition coefficient (Wildman–Crippen LogP) is 3.17. The Balaban J connectivity index is 2.61. The van der Waals surface area contributed by atoms with Crippen LogP contribution in [0.5, 0.6) is 11.5 Å². The molecule has 1 N–H and O–H groups in total. The second kappa shape index (κ2) is 4.16. The van der Waals surface area contributed by atoms with Gasteiger partial charge in [-0.05, 0) is 68.8 Å². The van der Waals surface area contributed by atoms with Crippen LogP contribution in [0.3, 0.4) is 0 Å². The van der Waals surface area contributed by atoms with Gasteiger partial charge in [-0.2, -0.15) is 0 Å². The maximum absolute atomic E-state index is 11.5. The first-order chi connectivity index (χ1) is 8.28. The number of ether oxygens (including phenoxy) is 1. The van der Waals surface area contributed by atoms with Gasteiger partial charge in [0, 0.05) is 5.56 Å². The first-order valence-electron chi connectivity index (χ1n) is 5.98. The molecular weight excluding hydrogens is 252 g/mol. The second-order valence-electron chi connectivity index (χ2n) is 5.14. The number of halogens is 1. The maximum Gasteiger partial charge on any atom is 0.265 e. The van der Waals surface area contributed by atoms with Crippen molar-refractivity contribution in [2.45, 2.75) is 46.1 Å². The molecule has 0 bridgehead atoms. The van der Waals surface area contributed by atoms with Crippen LogP contribution >= 0.6 is 11.6 Å². The Labute approximate surface area is 112 Å². The Bertz CT molecular complexity index is 537. The van der Waals surface area contributed by atoms with E-state index in [4.69, 9.17) is 16.3 Å². The molecule has 0 aliphatic carbocycles. The van der Waals surface area contributed by atoms with E-state index in [1.54, 1.807) is 6.92 Å². The molecule has 3 nitrogen and oxygen atoms in total. The van der Waals surface area contributed by atoms with Gasteiger partial charge < -0.3 is 9.84 Å². The number of phenolic OH excluding ortho intramolecular Hbond substituents is 1. The lowest BCUT2D eigenvalue weighted by atomic mass is 9.88. The molecule has 4 heteroatoms. The number of phenols is 1. The van der Waals surface area contributed by atoms with Gasteiger partial charge >= 0.3 is 0 Å². The smallest absolute Gasteiger partial charge is 0.265 e. The third kappa shape index (κ3) is 1.77. The molecule has 1 heterocycles. The number of hydrogen-bond acceptors (Lipinski definition) is 3. The zero-order valence-electron chi connectivity index (χ0n) is 11.1. The van der Waals surface area contributed by atoms with Crippen molar-refractivity contribution >= 4 is 16.8 Å². The van der Waals surface area contributed by atoms with Crippen molar-refractivity contribution in [1.82, 2.24) is 0 Å². The first kappa shape index (κ1) is 13.2. The lowest BCUT2D eigenvalue weighted by Crippen LogP contribution is -2.42. The van der Waals surface area contributed by atoms with E-state index >= 15 is 0 Å². The van der Waals surface area contributed by atoms with E-state index in [1.807, 2.05) is 20.8 Å². The van der Waals surface area contributed by atoms with Gasteiger partial charge in [0.2, 0.25) is 0 Å². The van der Waals surface area contributed by atoms with Crippen molar-refractivity contribution < 1.29 is 14.6 Å². The minimum Gasteiger partial charge on any atom is -0.507 e. The van der Waals surface area contributed by atoms with Gasteiger partial charge in [-0.15, -0.1) is 0 Å². The van der Waals surface area contributed by atoms with Gasteiger partial charge in [-0.1, -0.05) is 0 Å². The Morgan fingerprint density at radius 3 is 2.44 bits per heavy atom. The molecule has 1 aliphatic heterocycles. The molecule has 1 aromatic rings. The molecule has 0 aromatic heterocycles. The van der Waals surface area contributed by atoms with Crippen molar-refractivity contribution in [3.8, 4) is 11.5 Å². The van der Waals surface area contributed by atoms with Crippen LogP contribution in [0.2, 0.25) is 0 Å². The lowest BCUT2D eigenvalue weighted by Gasteiger charge is -2.35.